The molecule has 2 aliphatic rings. The molecule has 1 aromatic carbocycles. The number of nitro benzene ring substituents is 1. The fourth-order valence-corrected chi connectivity index (χ4v) is 2.82. The van der Waals surface area contributed by atoms with Crippen molar-refractivity contribution in [3.05, 3.63) is 39.4 Å². The van der Waals surface area contributed by atoms with Gasteiger partial charge in [0.2, 0.25) is 0 Å². The first-order chi connectivity index (χ1) is 11.6. The van der Waals surface area contributed by atoms with Crippen LogP contribution in [0.25, 0.3) is 0 Å². The highest BCUT2D eigenvalue weighted by Gasteiger charge is 2.64. The molecule has 1 atom stereocenters. The molecule has 134 valence electrons. The van der Waals surface area contributed by atoms with Crippen LogP contribution in [0.5, 0.6) is 0 Å². The van der Waals surface area contributed by atoms with Gasteiger partial charge in [0.05, 0.1) is 10.5 Å². The summed E-state index contributed by atoms with van der Waals surface area (Å²) in [6, 6.07) is 3.52. The Hall–Kier alpha value is -2.49. The van der Waals surface area contributed by atoms with Gasteiger partial charge in [-0.05, 0) is 31.7 Å². The second-order valence-corrected chi connectivity index (χ2v) is 6.18. The van der Waals surface area contributed by atoms with Gasteiger partial charge in [0.15, 0.2) is 0 Å². The third kappa shape index (κ3) is 2.76. The number of carbonyl (C=O) groups is 1. The molecule has 3 rings (SSSR count). The molecule has 0 spiro atoms. The van der Waals surface area contributed by atoms with E-state index in [-0.39, 0.29) is 27.8 Å². The number of aliphatic hydroxyl groups is 1. The summed E-state index contributed by atoms with van der Waals surface area (Å²) in [5.41, 5.74) is -4.11. The maximum atomic E-state index is 13.4. The summed E-state index contributed by atoms with van der Waals surface area (Å²) >= 11 is 0. The normalized spacial score (nSPS) is 23.6. The predicted octanol–water partition coefficient (Wildman–Crippen LogP) is 2.77. The molecule has 1 amide bonds. The number of amides is 1. The van der Waals surface area contributed by atoms with E-state index in [9.17, 15) is 33.2 Å². The minimum absolute atomic E-state index is 0.0205. The molecule has 0 aromatic heterocycles. The second kappa shape index (κ2) is 5.51. The van der Waals surface area contributed by atoms with Crippen LogP contribution >= 0.6 is 0 Å². The lowest BCUT2D eigenvalue weighted by atomic mass is 10.0. The van der Waals surface area contributed by atoms with Crippen LogP contribution in [0.1, 0.15) is 35.2 Å². The second-order valence-electron chi connectivity index (χ2n) is 6.18. The lowest BCUT2D eigenvalue weighted by molar-refractivity contribution is -0.385. The summed E-state index contributed by atoms with van der Waals surface area (Å²) in [4.78, 5) is 22.9. The van der Waals surface area contributed by atoms with E-state index in [1.807, 2.05) is 0 Å². The average molecular weight is 357 g/mol. The monoisotopic (exact) mass is 357 g/mol. The average Bonchev–Trinajstić information content (AvgIpc) is 3.29. The molecule has 1 aromatic rings. The van der Waals surface area contributed by atoms with Crippen molar-refractivity contribution in [3.8, 4) is 0 Å². The van der Waals surface area contributed by atoms with Gasteiger partial charge in [0.1, 0.15) is 0 Å². The van der Waals surface area contributed by atoms with Crippen LogP contribution in [0.2, 0.25) is 0 Å². The molecule has 0 saturated heterocycles. The molecule has 7 nitrogen and oxygen atoms in total. The molecule has 1 saturated carbocycles. The van der Waals surface area contributed by atoms with Crippen LogP contribution in [-0.4, -0.2) is 38.6 Å². The molecule has 1 fully saturated rings. The molecule has 1 heterocycles. The fourth-order valence-electron chi connectivity index (χ4n) is 2.82. The predicted molar refractivity (Wildman–Crippen MR) is 79.8 cm³/mol. The minimum Gasteiger partial charge on any atom is -0.362 e. The van der Waals surface area contributed by atoms with Crippen molar-refractivity contribution in [2.24, 2.45) is 11.0 Å². The number of hydrazone groups is 1. The maximum Gasteiger partial charge on any atom is 0.438 e. The van der Waals surface area contributed by atoms with E-state index in [4.69, 9.17) is 0 Å². The quantitative estimate of drug-likeness (QED) is 0.664. The maximum absolute atomic E-state index is 13.4. The van der Waals surface area contributed by atoms with Crippen LogP contribution < -0.4 is 0 Å². The van der Waals surface area contributed by atoms with Gasteiger partial charge in [0, 0.05) is 23.8 Å². The van der Waals surface area contributed by atoms with Crippen molar-refractivity contribution in [2.45, 2.75) is 38.1 Å². The Labute approximate surface area is 139 Å². The lowest BCUT2D eigenvalue weighted by Crippen LogP contribution is -2.56. The zero-order valence-electron chi connectivity index (χ0n) is 13.1. The molecule has 0 unspecified atom stereocenters. The molecular weight excluding hydrogens is 343 g/mol. The number of hydrogen-bond donors (Lipinski definition) is 1. The summed E-state index contributed by atoms with van der Waals surface area (Å²) in [6.07, 6.45) is -4.60. The Kier molecular flexibility index (Phi) is 3.82. The molecule has 1 aliphatic carbocycles. The highest BCUT2D eigenvalue weighted by molar-refractivity contribution is 6.00. The standard InChI is InChI=1S/C15H14F3N3O4/c1-8-10(3-2-4-12(8)21(24)25)13(22)20-14(23,15(16,17)18)7-11(19-20)9-5-6-9/h2-4,9,23H,5-7H2,1H3/t14-/m1/s1. The third-order valence-electron chi connectivity index (χ3n) is 4.43. The molecule has 1 aliphatic heterocycles. The number of nitrogens with zero attached hydrogens (tertiary/aromatic N) is 3. The number of halogens is 3. The number of nitro groups is 1. The lowest BCUT2D eigenvalue weighted by Gasteiger charge is -2.32. The zero-order chi connectivity index (χ0) is 18.6. The Bertz CT molecular complexity index is 789. The van der Waals surface area contributed by atoms with Crippen LogP contribution in [-0.2, 0) is 0 Å². The van der Waals surface area contributed by atoms with E-state index in [1.165, 1.54) is 19.1 Å². The van der Waals surface area contributed by atoms with Crippen LogP contribution in [0.15, 0.2) is 23.3 Å². The Morgan fingerprint density at radius 3 is 2.60 bits per heavy atom. The SMILES string of the molecule is Cc1c(C(=O)N2N=C(C3CC3)C[C@@]2(O)C(F)(F)F)cccc1[N+](=O)[O-]. The number of hydrogen-bond acceptors (Lipinski definition) is 5. The molecule has 0 bridgehead atoms. The third-order valence-corrected chi connectivity index (χ3v) is 4.43. The summed E-state index contributed by atoms with van der Waals surface area (Å²) in [7, 11) is 0. The van der Waals surface area contributed by atoms with E-state index in [1.54, 1.807) is 0 Å². The number of benzene rings is 1. The topological polar surface area (TPSA) is 96.0 Å². The Balaban J connectivity index is 2.05. The first kappa shape index (κ1) is 17.3. The Morgan fingerprint density at radius 1 is 1.44 bits per heavy atom. The van der Waals surface area contributed by atoms with Gasteiger partial charge >= 0.3 is 6.18 Å². The summed E-state index contributed by atoms with van der Waals surface area (Å²) in [5.74, 6) is -1.39. The van der Waals surface area contributed by atoms with Gasteiger partial charge < -0.3 is 5.11 Å². The molecular formula is C15H14F3N3O4. The number of alkyl halides is 3. The molecule has 25 heavy (non-hydrogen) atoms. The van der Waals surface area contributed by atoms with E-state index < -0.39 is 34.8 Å². The van der Waals surface area contributed by atoms with E-state index in [2.05, 4.69) is 5.10 Å². The van der Waals surface area contributed by atoms with Gasteiger partial charge in [-0.25, -0.2) is 0 Å². The van der Waals surface area contributed by atoms with Crippen molar-refractivity contribution in [2.75, 3.05) is 0 Å². The first-order valence-corrected chi connectivity index (χ1v) is 7.51. The molecule has 10 heteroatoms. The highest BCUT2D eigenvalue weighted by Crippen LogP contribution is 2.45. The van der Waals surface area contributed by atoms with Crippen LogP contribution in [0, 0.1) is 23.0 Å². The van der Waals surface area contributed by atoms with Crippen LogP contribution in [0.4, 0.5) is 18.9 Å². The van der Waals surface area contributed by atoms with Gasteiger partial charge in [-0.2, -0.15) is 23.3 Å². The Morgan fingerprint density at radius 2 is 2.08 bits per heavy atom. The largest absolute Gasteiger partial charge is 0.438 e. The van der Waals surface area contributed by atoms with Crippen molar-refractivity contribution < 1.29 is 28.0 Å². The highest BCUT2D eigenvalue weighted by atomic mass is 19.4. The zero-order valence-corrected chi connectivity index (χ0v) is 13.1. The van der Waals surface area contributed by atoms with E-state index >= 15 is 0 Å². The van der Waals surface area contributed by atoms with Gasteiger partial charge in [-0.15, -0.1) is 0 Å². The fraction of sp³-hybridized carbons (Fsp3) is 0.467. The molecule has 0 radical (unpaired) electrons. The number of carbonyl (C=O) groups excluding carboxylic acids is 1. The van der Waals surface area contributed by atoms with Crippen molar-refractivity contribution in [1.82, 2.24) is 5.01 Å². The summed E-state index contributed by atoms with van der Waals surface area (Å²) in [5, 5.41) is 24.9. The van der Waals surface area contributed by atoms with Gasteiger partial charge in [0.25, 0.3) is 17.3 Å². The van der Waals surface area contributed by atoms with E-state index in [0.717, 1.165) is 6.07 Å². The molecule has 1 N–H and O–H groups in total. The van der Waals surface area contributed by atoms with E-state index in [0.29, 0.717) is 12.8 Å². The van der Waals surface area contributed by atoms with Crippen molar-refractivity contribution >= 4 is 17.3 Å². The smallest absolute Gasteiger partial charge is 0.362 e. The summed E-state index contributed by atoms with van der Waals surface area (Å²) < 4.78 is 40.2. The first-order valence-electron chi connectivity index (χ1n) is 7.51. The van der Waals surface area contributed by atoms with Gasteiger partial charge in [-0.3, -0.25) is 14.9 Å². The minimum atomic E-state index is -5.11. The van der Waals surface area contributed by atoms with Gasteiger partial charge in [-0.1, -0.05) is 6.07 Å². The van der Waals surface area contributed by atoms with Crippen molar-refractivity contribution in [3.63, 3.8) is 0 Å². The summed E-state index contributed by atoms with van der Waals surface area (Å²) in [6.45, 7) is 1.26. The van der Waals surface area contributed by atoms with Crippen molar-refractivity contribution in [1.29, 1.82) is 0 Å². The number of rotatable bonds is 3. The van der Waals surface area contributed by atoms with Crippen LogP contribution in [0.3, 0.4) is 0 Å².